The van der Waals surface area contributed by atoms with Crippen LogP contribution in [-0.2, 0) is 20.9 Å². The van der Waals surface area contributed by atoms with Gasteiger partial charge in [-0.1, -0.05) is 18.9 Å². The monoisotopic (exact) mass is 445 g/mol. The third-order valence-electron chi connectivity index (χ3n) is 5.57. The molecular weight excluding hydrogens is 418 g/mol. The molecule has 3 rings (SSSR count). The van der Waals surface area contributed by atoms with E-state index in [1.54, 1.807) is 23.7 Å². The molecule has 2 aliphatic rings. The lowest BCUT2D eigenvalue weighted by molar-refractivity contribution is -0.137. The first kappa shape index (κ1) is 23.2. The lowest BCUT2D eigenvalue weighted by Crippen LogP contribution is -2.52. The Hall–Kier alpha value is -3.47. The number of hydrogen-bond donors (Lipinski definition) is 5. The third kappa shape index (κ3) is 5.61. The molecule has 0 aromatic heterocycles. The minimum absolute atomic E-state index is 0.179. The van der Waals surface area contributed by atoms with Crippen molar-refractivity contribution in [1.29, 1.82) is 0 Å². The van der Waals surface area contributed by atoms with E-state index in [2.05, 4.69) is 16.0 Å². The lowest BCUT2D eigenvalue weighted by atomic mass is 10.0. The SMILES string of the molecule is O=C(CCCCCCNC(=O)Nc1cccc2c1CN(C1CCC(=O)NC1=O)C2=O)NO. The van der Waals surface area contributed by atoms with Crippen LogP contribution >= 0.6 is 0 Å². The summed E-state index contributed by atoms with van der Waals surface area (Å²) in [6.07, 6.45) is 3.75. The van der Waals surface area contributed by atoms with Crippen molar-refractivity contribution >= 4 is 35.3 Å². The smallest absolute Gasteiger partial charge is 0.319 e. The fraction of sp³-hybridized carbons (Fsp3) is 0.476. The maximum Gasteiger partial charge on any atom is 0.319 e. The number of unbranched alkanes of at least 4 members (excludes halogenated alkanes) is 3. The fourth-order valence-electron chi connectivity index (χ4n) is 3.89. The second-order valence-electron chi connectivity index (χ2n) is 7.81. The molecule has 1 aromatic rings. The molecule has 0 aliphatic carbocycles. The van der Waals surface area contributed by atoms with Gasteiger partial charge in [-0.25, -0.2) is 10.3 Å². The van der Waals surface area contributed by atoms with Crippen LogP contribution in [0.2, 0.25) is 0 Å². The Morgan fingerprint density at radius 1 is 1.12 bits per heavy atom. The average Bonchev–Trinajstić information content (AvgIpc) is 3.10. The molecule has 172 valence electrons. The number of nitrogens with zero attached hydrogens (tertiary/aromatic N) is 1. The summed E-state index contributed by atoms with van der Waals surface area (Å²) in [5, 5.41) is 16.2. The maximum absolute atomic E-state index is 12.8. The summed E-state index contributed by atoms with van der Waals surface area (Å²) in [6, 6.07) is 3.92. The number of amides is 6. The normalized spacial score (nSPS) is 17.6. The van der Waals surface area contributed by atoms with Crippen LogP contribution in [0, 0.1) is 0 Å². The van der Waals surface area contributed by atoms with Gasteiger partial charge in [-0.15, -0.1) is 0 Å². The number of hydroxylamine groups is 1. The Labute approximate surface area is 184 Å². The number of fused-ring (bicyclic) bond motifs is 1. The Balaban J connectivity index is 1.49. The number of imide groups is 1. The van der Waals surface area contributed by atoms with Gasteiger partial charge in [-0.05, 0) is 31.4 Å². The number of carbonyl (C=O) groups excluding carboxylic acids is 5. The van der Waals surface area contributed by atoms with Gasteiger partial charge >= 0.3 is 6.03 Å². The summed E-state index contributed by atoms with van der Waals surface area (Å²) in [7, 11) is 0. The summed E-state index contributed by atoms with van der Waals surface area (Å²) in [4.78, 5) is 61.0. The molecule has 5 N–H and O–H groups in total. The second kappa shape index (κ2) is 10.7. The van der Waals surface area contributed by atoms with Gasteiger partial charge in [-0.2, -0.15) is 0 Å². The first-order valence-electron chi connectivity index (χ1n) is 10.6. The quantitative estimate of drug-likeness (QED) is 0.165. The van der Waals surface area contributed by atoms with E-state index in [1.807, 2.05) is 0 Å². The van der Waals surface area contributed by atoms with E-state index >= 15 is 0 Å². The number of benzene rings is 1. The van der Waals surface area contributed by atoms with E-state index in [-0.39, 0.29) is 37.6 Å². The van der Waals surface area contributed by atoms with Gasteiger partial charge in [0.1, 0.15) is 6.04 Å². The number of rotatable bonds is 9. The Morgan fingerprint density at radius 3 is 2.66 bits per heavy atom. The van der Waals surface area contributed by atoms with Gasteiger partial charge in [0.15, 0.2) is 0 Å². The average molecular weight is 445 g/mol. The van der Waals surface area contributed by atoms with Crippen molar-refractivity contribution < 1.29 is 29.2 Å². The molecule has 32 heavy (non-hydrogen) atoms. The molecule has 6 amide bonds. The summed E-state index contributed by atoms with van der Waals surface area (Å²) in [5.41, 5.74) is 3.16. The second-order valence-corrected chi connectivity index (χ2v) is 7.81. The van der Waals surface area contributed by atoms with Crippen LogP contribution in [-0.4, -0.2) is 52.4 Å². The lowest BCUT2D eigenvalue weighted by Gasteiger charge is -2.29. The molecular formula is C21H27N5O6. The van der Waals surface area contributed by atoms with Gasteiger partial charge in [0.2, 0.25) is 17.7 Å². The Kier molecular flexibility index (Phi) is 7.77. The first-order chi connectivity index (χ1) is 15.4. The van der Waals surface area contributed by atoms with Crippen molar-refractivity contribution in [2.45, 2.75) is 57.5 Å². The number of urea groups is 1. The van der Waals surface area contributed by atoms with Crippen LogP contribution in [0.1, 0.15) is 60.9 Å². The maximum atomic E-state index is 12.8. The van der Waals surface area contributed by atoms with Crippen molar-refractivity contribution in [1.82, 2.24) is 21.0 Å². The molecule has 11 heteroatoms. The Bertz CT molecular complexity index is 918. The minimum Gasteiger partial charge on any atom is -0.338 e. The summed E-state index contributed by atoms with van der Waals surface area (Å²) in [6.45, 7) is 0.632. The highest BCUT2D eigenvalue weighted by Crippen LogP contribution is 2.32. The predicted octanol–water partition coefficient (Wildman–Crippen LogP) is 1.03. The predicted molar refractivity (Wildman–Crippen MR) is 113 cm³/mol. The van der Waals surface area contributed by atoms with Gasteiger partial charge in [-0.3, -0.25) is 29.7 Å². The highest BCUT2D eigenvalue weighted by Gasteiger charge is 2.39. The van der Waals surface area contributed by atoms with E-state index in [0.29, 0.717) is 29.8 Å². The molecule has 1 aromatic carbocycles. The number of piperidine rings is 1. The van der Waals surface area contributed by atoms with Crippen molar-refractivity contribution in [3.8, 4) is 0 Å². The number of carbonyl (C=O) groups is 5. The number of hydrogen-bond acceptors (Lipinski definition) is 6. The van der Waals surface area contributed by atoms with Crippen LogP contribution in [0.3, 0.4) is 0 Å². The Morgan fingerprint density at radius 2 is 1.91 bits per heavy atom. The zero-order valence-corrected chi connectivity index (χ0v) is 17.6. The van der Waals surface area contributed by atoms with Crippen molar-refractivity contribution in [2.75, 3.05) is 11.9 Å². The van der Waals surface area contributed by atoms with Crippen molar-refractivity contribution in [3.63, 3.8) is 0 Å². The molecule has 0 bridgehead atoms. The van der Waals surface area contributed by atoms with Crippen molar-refractivity contribution in [3.05, 3.63) is 29.3 Å². The molecule has 1 fully saturated rings. The first-order valence-corrected chi connectivity index (χ1v) is 10.6. The molecule has 1 atom stereocenters. The molecule has 2 aliphatic heterocycles. The molecule has 1 unspecified atom stereocenters. The van der Waals surface area contributed by atoms with Gasteiger partial charge in [0.25, 0.3) is 5.91 Å². The van der Waals surface area contributed by atoms with Crippen molar-refractivity contribution in [2.24, 2.45) is 0 Å². The zero-order chi connectivity index (χ0) is 23.1. The highest BCUT2D eigenvalue weighted by atomic mass is 16.5. The highest BCUT2D eigenvalue weighted by molar-refractivity contribution is 6.06. The summed E-state index contributed by atoms with van der Waals surface area (Å²) >= 11 is 0. The molecule has 0 radical (unpaired) electrons. The van der Waals surface area contributed by atoms with Crippen LogP contribution < -0.4 is 21.4 Å². The van der Waals surface area contributed by atoms with E-state index < -0.39 is 23.9 Å². The van der Waals surface area contributed by atoms with E-state index in [4.69, 9.17) is 5.21 Å². The number of anilines is 1. The molecule has 11 nitrogen and oxygen atoms in total. The molecule has 0 saturated carbocycles. The third-order valence-corrected chi connectivity index (χ3v) is 5.57. The van der Waals surface area contributed by atoms with Crippen LogP contribution in [0.4, 0.5) is 10.5 Å². The van der Waals surface area contributed by atoms with Gasteiger partial charge in [0, 0.05) is 42.7 Å². The topological polar surface area (TPSA) is 157 Å². The van der Waals surface area contributed by atoms with Crippen LogP contribution in [0.15, 0.2) is 18.2 Å². The minimum atomic E-state index is -0.710. The standard InChI is InChI=1S/C21H27N5O6/c27-17-10-9-16(19(29)24-17)26-12-14-13(20(26)30)6-5-7-15(14)23-21(31)22-11-4-2-1-3-8-18(28)25-32/h5-7,16,32H,1-4,8-12H2,(H,25,28)(H2,22,23,31)(H,24,27,29). The van der Waals surface area contributed by atoms with Crippen LogP contribution in [0.25, 0.3) is 0 Å². The molecule has 2 heterocycles. The molecule has 0 spiro atoms. The molecule has 1 saturated heterocycles. The van der Waals surface area contributed by atoms with E-state index in [0.717, 1.165) is 19.3 Å². The van der Waals surface area contributed by atoms with Gasteiger partial charge < -0.3 is 15.5 Å². The van der Waals surface area contributed by atoms with Crippen LogP contribution in [0.5, 0.6) is 0 Å². The summed E-state index contributed by atoms with van der Waals surface area (Å²) in [5.74, 6) is -1.53. The van der Waals surface area contributed by atoms with Gasteiger partial charge in [0.05, 0.1) is 0 Å². The van der Waals surface area contributed by atoms with E-state index in [9.17, 15) is 24.0 Å². The summed E-state index contributed by atoms with van der Waals surface area (Å²) < 4.78 is 0. The zero-order valence-electron chi connectivity index (χ0n) is 17.6. The fourth-order valence-corrected chi connectivity index (χ4v) is 3.89. The largest absolute Gasteiger partial charge is 0.338 e. The van der Waals surface area contributed by atoms with E-state index in [1.165, 1.54) is 4.90 Å². The number of nitrogens with one attached hydrogen (secondary N) is 4.